The number of aromatic nitrogens is 4. The third-order valence-electron chi connectivity index (χ3n) is 6.69. The van der Waals surface area contributed by atoms with Gasteiger partial charge in [-0.05, 0) is 41.9 Å². The third kappa shape index (κ3) is 4.01. The molecule has 0 unspecified atom stereocenters. The zero-order chi connectivity index (χ0) is 21.6. The molecular formula is C25H29ClN4O. The predicted molar refractivity (Wildman–Crippen MR) is 123 cm³/mol. The number of rotatable bonds is 3. The summed E-state index contributed by atoms with van der Waals surface area (Å²) in [5.41, 5.74) is 3.31. The Bertz CT molecular complexity index is 1050. The minimum Gasteiger partial charge on any atom is -0.377 e. The van der Waals surface area contributed by atoms with E-state index in [1.807, 2.05) is 10.7 Å². The second-order valence-corrected chi connectivity index (χ2v) is 10.2. The number of pyridine rings is 1. The Morgan fingerprint density at radius 1 is 1.03 bits per heavy atom. The Kier molecular flexibility index (Phi) is 5.35. The second kappa shape index (κ2) is 8.03. The Labute approximate surface area is 188 Å². The predicted octanol–water partition coefficient (Wildman–Crippen LogP) is 5.95. The Balaban J connectivity index is 1.56. The van der Waals surface area contributed by atoms with Gasteiger partial charge in [-0.25, -0.2) is 14.6 Å². The molecule has 1 saturated heterocycles. The van der Waals surface area contributed by atoms with Gasteiger partial charge in [-0.3, -0.25) is 0 Å². The van der Waals surface area contributed by atoms with Crippen LogP contribution in [0.25, 0.3) is 17.1 Å². The maximum atomic E-state index is 6.18. The summed E-state index contributed by atoms with van der Waals surface area (Å²) in [7, 11) is 0. The van der Waals surface area contributed by atoms with Gasteiger partial charge in [0.25, 0.3) is 0 Å². The summed E-state index contributed by atoms with van der Waals surface area (Å²) in [6, 6.07) is 12.4. The van der Waals surface area contributed by atoms with Gasteiger partial charge in [0, 0.05) is 11.5 Å². The summed E-state index contributed by atoms with van der Waals surface area (Å²) < 4.78 is 8.13. The van der Waals surface area contributed by atoms with Gasteiger partial charge in [0.15, 0.2) is 5.82 Å². The van der Waals surface area contributed by atoms with Crippen LogP contribution in [0.15, 0.2) is 42.6 Å². The molecule has 31 heavy (non-hydrogen) atoms. The lowest BCUT2D eigenvalue weighted by molar-refractivity contribution is 0.0663. The molecule has 5 rings (SSSR count). The molecule has 3 aromatic rings. The monoisotopic (exact) mass is 436 g/mol. The largest absolute Gasteiger partial charge is 0.377 e. The average molecular weight is 437 g/mol. The van der Waals surface area contributed by atoms with Crippen molar-refractivity contribution in [1.82, 2.24) is 19.7 Å². The van der Waals surface area contributed by atoms with Crippen LogP contribution >= 0.6 is 11.6 Å². The van der Waals surface area contributed by atoms with E-state index in [0.29, 0.717) is 23.8 Å². The summed E-state index contributed by atoms with van der Waals surface area (Å²) in [6.45, 7) is 7.38. The first-order valence-corrected chi connectivity index (χ1v) is 11.6. The number of ether oxygens (including phenoxy) is 1. The molecule has 3 atom stereocenters. The standard InChI is InChI=1S/C25H29ClN4O/c1-25(2,3)17-10-8-16(9-11-17)23-28-24(20-15-31-21-7-5-4-6-19(20)21)30(29-23)18-12-13-22(26)27-14-18/h8-14,19-21H,4-7,15H2,1-3H3/t19-,20-,21-/m1/s1. The topological polar surface area (TPSA) is 52.8 Å². The molecular weight excluding hydrogens is 408 g/mol. The van der Waals surface area contributed by atoms with Crippen molar-refractivity contribution in [3.8, 4) is 17.1 Å². The molecule has 0 spiro atoms. The summed E-state index contributed by atoms with van der Waals surface area (Å²) in [5, 5.41) is 5.39. The third-order valence-corrected chi connectivity index (χ3v) is 6.91. The van der Waals surface area contributed by atoms with Crippen molar-refractivity contribution in [2.45, 2.75) is 63.9 Å². The van der Waals surface area contributed by atoms with E-state index in [4.69, 9.17) is 26.4 Å². The highest BCUT2D eigenvalue weighted by Crippen LogP contribution is 2.43. The molecule has 5 nitrogen and oxygen atoms in total. The maximum Gasteiger partial charge on any atom is 0.181 e. The highest BCUT2D eigenvalue weighted by Gasteiger charge is 2.42. The number of nitrogens with zero attached hydrogens (tertiary/aromatic N) is 4. The molecule has 2 fully saturated rings. The minimum absolute atomic E-state index is 0.114. The van der Waals surface area contributed by atoms with Gasteiger partial charge in [0.1, 0.15) is 11.0 Å². The van der Waals surface area contributed by atoms with Crippen LogP contribution in [0, 0.1) is 5.92 Å². The van der Waals surface area contributed by atoms with E-state index in [1.54, 1.807) is 12.3 Å². The van der Waals surface area contributed by atoms with E-state index in [2.05, 4.69) is 50.0 Å². The van der Waals surface area contributed by atoms with Crippen LogP contribution in [0.5, 0.6) is 0 Å². The smallest absolute Gasteiger partial charge is 0.181 e. The number of halogens is 1. The van der Waals surface area contributed by atoms with Crippen LogP contribution < -0.4 is 0 Å². The van der Waals surface area contributed by atoms with Crippen molar-refractivity contribution in [3.63, 3.8) is 0 Å². The summed E-state index contributed by atoms with van der Waals surface area (Å²) >= 11 is 6.03. The van der Waals surface area contributed by atoms with Crippen molar-refractivity contribution in [2.24, 2.45) is 5.92 Å². The van der Waals surface area contributed by atoms with Crippen molar-refractivity contribution in [3.05, 3.63) is 59.1 Å². The van der Waals surface area contributed by atoms with Gasteiger partial charge in [-0.2, -0.15) is 0 Å². The number of fused-ring (bicyclic) bond motifs is 1. The number of hydrogen-bond acceptors (Lipinski definition) is 4. The molecule has 2 aromatic heterocycles. The lowest BCUT2D eigenvalue weighted by Gasteiger charge is -2.26. The fourth-order valence-corrected chi connectivity index (χ4v) is 5.01. The van der Waals surface area contributed by atoms with E-state index in [9.17, 15) is 0 Å². The first-order valence-electron chi connectivity index (χ1n) is 11.2. The fraction of sp³-hybridized carbons (Fsp3) is 0.480. The molecule has 0 bridgehead atoms. The van der Waals surface area contributed by atoms with Gasteiger partial charge < -0.3 is 4.74 Å². The molecule has 0 N–H and O–H groups in total. The first kappa shape index (κ1) is 20.7. The molecule has 1 saturated carbocycles. The second-order valence-electron chi connectivity index (χ2n) is 9.80. The van der Waals surface area contributed by atoms with E-state index in [1.165, 1.54) is 24.8 Å². The molecule has 162 valence electrons. The molecule has 6 heteroatoms. The minimum atomic E-state index is 0.114. The highest BCUT2D eigenvalue weighted by molar-refractivity contribution is 6.29. The van der Waals surface area contributed by atoms with Gasteiger partial charge in [0.05, 0.1) is 24.6 Å². The maximum absolute atomic E-state index is 6.18. The summed E-state index contributed by atoms with van der Waals surface area (Å²) in [6.07, 6.45) is 6.98. The van der Waals surface area contributed by atoms with E-state index >= 15 is 0 Å². The van der Waals surface area contributed by atoms with Crippen molar-refractivity contribution in [1.29, 1.82) is 0 Å². The SMILES string of the molecule is CC(C)(C)c1ccc(-c2nc([C@@H]3CO[C@@H]4CCCC[C@@H]43)n(-c3ccc(Cl)nc3)n2)cc1. The number of hydrogen-bond donors (Lipinski definition) is 0. The van der Waals surface area contributed by atoms with Crippen molar-refractivity contribution >= 4 is 11.6 Å². The van der Waals surface area contributed by atoms with Crippen LogP contribution in [0.1, 0.15) is 63.8 Å². The lowest BCUT2D eigenvalue weighted by Crippen LogP contribution is -2.25. The Hall–Kier alpha value is -2.24. The zero-order valence-electron chi connectivity index (χ0n) is 18.4. The van der Waals surface area contributed by atoms with E-state index < -0.39 is 0 Å². The summed E-state index contributed by atoms with van der Waals surface area (Å²) in [4.78, 5) is 9.33. The molecule has 2 aliphatic rings. The Morgan fingerprint density at radius 3 is 2.52 bits per heavy atom. The molecule has 3 heterocycles. The fourth-order valence-electron chi connectivity index (χ4n) is 4.90. The van der Waals surface area contributed by atoms with Gasteiger partial charge >= 0.3 is 0 Å². The first-order chi connectivity index (χ1) is 14.9. The Morgan fingerprint density at radius 2 is 1.81 bits per heavy atom. The molecule has 1 aliphatic carbocycles. The summed E-state index contributed by atoms with van der Waals surface area (Å²) in [5.74, 6) is 2.46. The van der Waals surface area contributed by atoms with Crippen molar-refractivity contribution < 1.29 is 4.74 Å². The van der Waals surface area contributed by atoms with E-state index in [-0.39, 0.29) is 11.3 Å². The quantitative estimate of drug-likeness (QED) is 0.476. The van der Waals surface area contributed by atoms with Gasteiger partial charge in [0.2, 0.25) is 0 Å². The molecule has 0 radical (unpaired) electrons. The molecule has 1 aliphatic heterocycles. The van der Waals surface area contributed by atoms with Crippen LogP contribution in [-0.4, -0.2) is 32.5 Å². The van der Waals surface area contributed by atoms with E-state index in [0.717, 1.165) is 29.3 Å². The highest BCUT2D eigenvalue weighted by atomic mass is 35.5. The van der Waals surface area contributed by atoms with Crippen LogP contribution in [0.2, 0.25) is 5.15 Å². The lowest BCUT2D eigenvalue weighted by atomic mass is 9.80. The van der Waals surface area contributed by atoms with Crippen LogP contribution in [-0.2, 0) is 10.2 Å². The normalized spacial score (nSPS) is 23.7. The van der Waals surface area contributed by atoms with Gasteiger partial charge in [-0.1, -0.05) is 69.5 Å². The zero-order valence-corrected chi connectivity index (χ0v) is 19.1. The molecule has 1 aromatic carbocycles. The average Bonchev–Trinajstić information content (AvgIpc) is 3.38. The molecule has 0 amide bonds. The van der Waals surface area contributed by atoms with Crippen LogP contribution in [0.3, 0.4) is 0 Å². The van der Waals surface area contributed by atoms with Crippen molar-refractivity contribution in [2.75, 3.05) is 6.61 Å². The van der Waals surface area contributed by atoms with Crippen LogP contribution in [0.4, 0.5) is 0 Å². The number of benzene rings is 1. The van der Waals surface area contributed by atoms with Gasteiger partial charge in [-0.15, -0.1) is 5.10 Å².